The van der Waals surface area contributed by atoms with Gasteiger partial charge < -0.3 is 5.32 Å². The molecule has 0 radical (unpaired) electrons. The Morgan fingerprint density at radius 3 is 2.45 bits per heavy atom. The minimum absolute atomic E-state index is 0.199. The Hall–Kier alpha value is -0.960. The summed E-state index contributed by atoms with van der Waals surface area (Å²) in [5.41, 5.74) is 2.49. The number of hydrogen-bond donors (Lipinski definition) is 1. The zero-order valence-electron chi connectivity index (χ0n) is 11.9. The van der Waals surface area contributed by atoms with Gasteiger partial charge in [-0.3, -0.25) is 0 Å². The fourth-order valence-electron chi connectivity index (χ4n) is 2.20. The molecule has 0 bridgehead atoms. The van der Waals surface area contributed by atoms with Crippen LogP contribution in [0.1, 0.15) is 30.5 Å². The minimum Gasteiger partial charge on any atom is -0.306 e. The molecule has 0 heterocycles. The van der Waals surface area contributed by atoms with E-state index in [2.05, 4.69) is 48.8 Å². The molecule has 0 spiro atoms. The molecule has 2 aromatic rings. The van der Waals surface area contributed by atoms with Gasteiger partial charge in [-0.05, 0) is 54.6 Å². The number of nitrogens with one attached hydrogen (secondary N) is 1. The highest BCUT2D eigenvalue weighted by molar-refractivity contribution is 7.98. The predicted octanol–water partition coefficient (Wildman–Crippen LogP) is 5.15. The van der Waals surface area contributed by atoms with Crippen LogP contribution in [0.2, 0.25) is 5.02 Å². The number of benzene rings is 2. The summed E-state index contributed by atoms with van der Waals surface area (Å²) in [5.74, 6) is 0. The van der Waals surface area contributed by atoms with Crippen LogP contribution < -0.4 is 5.32 Å². The average molecular weight is 306 g/mol. The topological polar surface area (TPSA) is 12.0 Å². The molecule has 1 unspecified atom stereocenters. The molecule has 0 saturated heterocycles. The second kappa shape index (κ2) is 7.72. The molecule has 106 valence electrons. The Morgan fingerprint density at radius 2 is 1.85 bits per heavy atom. The Labute approximate surface area is 130 Å². The molecular weight excluding hydrogens is 286 g/mol. The van der Waals surface area contributed by atoms with Gasteiger partial charge in [0.1, 0.15) is 0 Å². The van der Waals surface area contributed by atoms with Crippen molar-refractivity contribution in [2.24, 2.45) is 0 Å². The van der Waals surface area contributed by atoms with E-state index in [0.717, 1.165) is 18.0 Å². The Morgan fingerprint density at radius 1 is 1.10 bits per heavy atom. The van der Waals surface area contributed by atoms with E-state index in [0.29, 0.717) is 0 Å². The van der Waals surface area contributed by atoms with E-state index in [9.17, 15) is 0 Å². The van der Waals surface area contributed by atoms with Gasteiger partial charge in [-0.2, -0.15) is 0 Å². The summed E-state index contributed by atoms with van der Waals surface area (Å²) in [6.45, 7) is 3.17. The minimum atomic E-state index is 0.199. The summed E-state index contributed by atoms with van der Waals surface area (Å²) in [6, 6.07) is 17.0. The molecule has 0 aliphatic rings. The van der Waals surface area contributed by atoms with Crippen LogP contribution in [0.4, 0.5) is 0 Å². The van der Waals surface area contributed by atoms with Crippen molar-refractivity contribution in [3.8, 4) is 0 Å². The average Bonchev–Trinajstić information content (AvgIpc) is 2.48. The van der Waals surface area contributed by atoms with Crippen LogP contribution in [-0.2, 0) is 0 Å². The molecule has 0 saturated carbocycles. The summed E-state index contributed by atoms with van der Waals surface area (Å²) < 4.78 is 0. The van der Waals surface area contributed by atoms with Crippen molar-refractivity contribution in [1.29, 1.82) is 0 Å². The highest BCUT2D eigenvalue weighted by atomic mass is 35.5. The Kier molecular flexibility index (Phi) is 5.96. The summed E-state index contributed by atoms with van der Waals surface area (Å²) in [7, 11) is 0. The van der Waals surface area contributed by atoms with Crippen LogP contribution in [-0.4, -0.2) is 12.8 Å². The first-order valence-electron chi connectivity index (χ1n) is 6.87. The third kappa shape index (κ3) is 4.02. The summed E-state index contributed by atoms with van der Waals surface area (Å²) in [4.78, 5) is 1.29. The van der Waals surface area contributed by atoms with Gasteiger partial charge in [-0.25, -0.2) is 0 Å². The molecule has 1 atom stereocenters. The van der Waals surface area contributed by atoms with Crippen LogP contribution in [0.3, 0.4) is 0 Å². The standard InChI is InChI=1S/C17H20ClNS/c1-3-11-19-17(14-5-4-6-15(18)12-14)13-7-9-16(20-2)10-8-13/h4-10,12,17,19H,3,11H2,1-2H3. The largest absolute Gasteiger partial charge is 0.306 e. The Bertz CT molecular complexity index is 539. The zero-order chi connectivity index (χ0) is 14.4. The highest BCUT2D eigenvalue weighted by Crippen LogP contribution is 2.26. The lowest BCUT2D eigenvalue weighted by atomic mass is 9.98. The van der Waals surface area contributed by atoms with Crippen molar-refractivity contribution < 1.29 is 0 Å². The molecule has 0 amide bonds. The fraction of sp³-hybridized carbons (Fsp3) is 0.294. The van der Waals surface area contributed by atoms with Gasteiger partial charge in [-0.15, -0.1) is 11.8 Å². The first-order chi connectivity index (χ1) is 9.74. The van der Waals surface area contributed by atoms with Crippen LogP contribution in [0.15, 0.2) is 53.4 Å². The van der Waals surface area contributed by atoms with Crippen LogP contribution in [0.5, 0.6) is 0 Å². The van der Waals surface area contributed by atoms with Gasteiger partial charge in [0, 0.05) is 9.92 Å². The van der Waals surface area contributed by atoms with Crippen LogP contribution >= 0.6 is 23.4 Å². The van der Waals surface area contributed by atoms with Crippen LogP contribution in [0.25, 0.3) is 0 Å². The summed E-state index contributed by atoms with van der Waals surface area (Å²) in [6.07, 6.45) is 3.21. The predicted molar refractivity (Wildman–Crippen MR) is 89.8 cm³/mol. The second-order valence-electron chi connectivity index (χ2n) is 4.72. The Balaban J connectivity index is 2.30. The molecule has 0 fully saturated rings. The molecule has 20 heavy (non-hydrogen) atoms. The van der Waals surface area contributed by atoms with Crippen molar-refractivity contribution in [3.05, 3.63) is 64.7 Å². The maximum absolute atomic E-state index is 6.13. The van der Waals surface area contributed by atoms with E-state index in [1.54, 1.807) is 11.8 Å². The molecule has 1 N–H and O–H groups in total. The van der Waals surface area contributed by atoms with Gasteiger partial charge in [0.2, 0.25) is 0 Å². The lowest BCUT2D eigenvalue weighted by Gasteiger charge is -2.20. The SMILES string of the molecule is CCCNC(c1ccc(SC)cc1)c1cccc(Cl)c1. The first-order valence-corrected chi connectivity index (χ1v) is 8.47. The quantitative estimate of drug-likeness (QED) is 0.741. The molecule has 1 nitrogen and oxygen atoms in total. The second-order valence-corrected chi connectivity index (χ2v) is 6.03. The van der Waals surface area contributed by atoms with E-state index in [4.69, 9.17) is 11.6 Å². The number of halogens is 1. The summed E-state index contributed by atoms with van der Waals surface area (Å²) >= 11 is 7.89. The van der Waals surface area contributed by atoms with Gasteiger partial charge >= 0.3 is 0 Å². The zero-order valence-corrected chi connectivity index (χ0v) is 13.5. The summed E-state index contributed by atoms with van der Waals surface area (Å²) in [5, 5.41) is 4.39. The van der Waals surface area contributed by atoms with Crippen LogP contribution in [0, 0.1) is 0 Å². The van der Waals surface area contributed by atoms with E-state index >= 15 is 0 Å². The molecule has 0 aromatic heterocycles. The maximum Gasteiger partial charge on any atom is 0.0577 e. The van der Waals surface area contributed by atoms with Gasteiger partial charge in [0.05, 0.1) is 6.04 Å². The molecular formula is C17H20ClNS. The number of hydrogen-bond acceptors (Lipinski definition) is 2. The third-order valence-corrected chi connectivity index (χ3v) is 4.21. The van der Waals surface area contributed by atoms with Gasteiger partial charge in [-0.1, -0.05) is 42.8 Å². The van der Waals surface area contributed by atoms with E-state index in [-0.39, 0.29) is 6.04 Å². The normalized spacial score (nSPS) is 12.3. The smallest absolute Gasteiger partial charge is 0.0577 e. The van der Waals surface area contributed by atoms with E-state index < -0.39 is 0 Å². The molecule has 0 aliphatic carbocycles. The van der Waals surface area contributed by atoms with E-state index in [1.807, 2.05) is 18.2 Å². The lowest BCUT2D eigenvalue weighted by molar-refractivity contribution is 0.598. The number of thioether (sulfide) groups is 1. The van der Waals surface area contributed by atoms with Crippen molar-refractivity contribution >= 4 is 23.4 Å². The third-order valence-electron chi connectivity index (χ3n) is 3.23. The molecule has 0 aliphatic heterocycles. The highest BCUT2D eigenvalue weighted by Gasteiger charge is 2.13. The van der Waals surface area contributed by atoms with Gasteiger partial charge in [0.25, 0.3) is 0 Å². The van der Waals surface area contributed by atoms with Crippen molar-refractivity contribution in [1.82, 2.24) is 5.32 Å². The van der Waals surface area contributed by atoms with Crippen molar-refractivity contribution in [2.45, 2.75) is 24.3 Å². The van der Waals surface area contributed by atoms with Crippen molar-refractivity contribution in [2.75, 3.05) is 12.8 Å². The monoisotopic (exact) mass is 305 g/mol. The first kappa shape index (κ1) is 15.4. The molecule has 2 aromatic carbocycles. The van der Waals surface area contributed by atoms with Crippen molar-refractivity contribution in [3.63, 3.8) is 0 Å². The molecule has 3 heteroatoms. The maximum atomic E-state index is 6.13. The number of rotatable bonds is 6. The lowest BCUT2D eigenvalue weighted by Crippen LogP contribution is -2.23. The van der Waals surface area contributed by atoms with Gasteiger partial charge in [0.15, 0.2) is 0 Å². The molecule has 2 rings (SSSR count). The van der Waals surface area contributed by atoms with E-state index in [1.165, 1.54) is 16.0 Å². The fourth-order valence-corrected chi connectivity index (χ4v) is 2.81.